The number of amides is 1. The van der Waals surface area contributed by atoms with Gasteiger partial charge in [0, 0.05) is 10.9 Å². The van der Waals surface area contributed by atoms with Gasteiger partial charge in [-0.15, -0.1) is 0 Å². The lowest BCUT2D eigenvalue weighted by molar-refractivity contribution is 0.102. The second-order valence-corrected chi connectivity index (χ2v) is 4.28. The van der Waals surface area contributed by atoms with Crippen molar-refractivity contribution in [3.05, 3.63) is 51.4 Å². The number of benzene rings is 1. The van der Waals surface area contributed by atoms with E-state index in [2.05, 4.69) is 5.32 Å². The van der Waals surface area contributed by atoms with Crippen molar-refractivity contribution in [2.45, 2.75) is 0 Å². The van der Waals surface area contributed by atoms with Gasteiger partial charge < -0.3 is 5.32 Å². The fourth-order valence-electron chi connectivity index (χ4n) is 1.18. The summed E-state index contributed by atoms with van der Waals surface area (Å²) in [6, 6.07) is 5.65. The topological polar surface area (TPSA) is 29.1 Å². The van der Waals surface area contributed by atoms with Crippen molar-refractivity contribution >= 4 is 34.5 Å². The van der Waals surface area contributed by atoms with Gasteiger partial charge in [0.05, 0.1) is 10.7 Å². The van der Waals surface area contributed by atoms with Crippen LogP contribution in [0.1, 0.15) is 10.4 Å². The summed E-state index contributed by atoms with van der Waals surface area (Å²) in [7, 11) is 0. The van der Waals surface area contributed by atoms with E-state index in [-0.39, 0.29) is 10.9 Å². The average Bonchev–Trinajstić information content (AvgIpc) is 2.74. The minimum atomic E-state index is -0.534. The number of nitrogens with one attached hydrogen (secondary N) is 1. The zero-order valence-corrected chi connectivity index (χ0v) is 9.61. The van der Waals surface area contributed by atoms with Crippen molar-refractivity contribution in [2.24, 2.45) is 0 Å². The first-order valence-electron chi connectivity index (χ1n) is 4.45. The van der Waals surface area contributed by atoms with Crippen molar-refractivity contribution in [2.75, 3.05) is 5.32 Å². The van der Waals surface area contributed by atoms with Crippen LogP contribution in [-0.2, 0) is 0 Å². The predicted molar refractivity (Wildman–Crippen MR) is 63.7 cm³/mol. The van der Waals surface area contributed by atoms with Gasteiger partial charge in [-0.25, -0.2) is 4.39 Å². The fourth-order valence-corrected chi connectivity index (χ4v) is 1.94. The highest BCUT2D eigenvalue weighted by atomic mass is 35.5. The van der Waals surface area contributed by atoms with E-state index in [0.717, 1.165) is 5.69 Å². The predicted octanol–water partition coefficient (Wildman–Crippen LogP) is 3.79. The van der Waals surface area contributed by atoms with Gasteiger partial charge in [0.15, 0.2) is 0 Å². The van der Waals surface area contributed by atoms with E-state index in [9.17, 15) is 9.18 Å². The third-order valence-corrected chi connectivity index (χ3v) is 2.93. The van der Waals surface area contributed by atoms with Crippen molar-refractivity contribution in [1.29, 1.82) is 0 Å². The van der Waals surface area contributed by atoms with E-state index in [1.54, 1.807) is 6.07 Å². The summed E-state index contributed by atoms with van der Waals surface area (Å²) in [4.78, 5) is 11.7. The molecule has 0 atom stereocenters. The van der Waals surface area contributed by atoms with Crippen LogP contribution in [0.5, 0.6) is 0 Å². The van der Waals surface area contributed by atoms with Gasteiger partial charge in [0.25, 0.3) is 5.91 Å². The van der Waals surface area contributed by atoms with Crippen LogP contribution in [0.15, 0.2) is 35.0 Å². The number of anilines is 1. The molecule has 82 valence electrons. The molecule has 1 aromatic heterocycles. The molecule has 1 aromatic carbocycles. The van der Waals surface area contributed by atoms with Gasteiger partial charge in [-0.05, 0) is 29.6 Å². The standard InChI is InChI=1S/C11H7ClFNOS/c12-9-5-7(1-2-10(9)13)11(15)14-8-3-4-16-6-8/h1-6H,(H,14,15). The second-order valence-electron chi connectivity index (χ2n) is 3.10. The number of halogens is 2. The molecule has 0 unspecified atom stereocenters. The minimum Gasteiger partial charge on any atom is -0.321 e. The first-order chi connectivity index (χ1) is 7.66. The lowest BCUT2D eigenvalue weighted by atomic mass is 10.2. The molecule has 2 aromatic rings. The highest BCUT2D eigenvalue weighted by Gasteiger charge is 2.08. The summed E-state index contributed by atoms with van der Waals surface area (Å²) >= 11 is 7.07. The Morgan fingerprint density at radius 1 is 1.38 bits per heavy atom. The van der Waals surface area contributed by atoms with E-state index >= 15 is 0 Å². The molecule has 0 saturated carbocycles. The largest absolute Gasteiger partial charge is 0.321 e. The first kappa shape index (κ1) is 11.1. The normalized spacial score (nSPS) is 10.1. The second kappa shape index (κ2) is 4.63. The van der Waals surface area contributed by atoms with E-state index < -0.39 is 5.82 Å². The summed E-state index contributed by atoms with van der Waals surface area (Å²) < 4.78 is 12.9. The van der Waals surface area contributed by atoms with Crippen LogP contribution >= 0.6 is 22.9 Å². The zero-order valence-electron chi connectivity index (χ0n) is 8.04. The van der Waals surface area contributed by atoms with Crippen LogP contribution in [-0.4, -0.2) is 5.91 Å². The molecule has 0 spiro atoms. The summed E-state index contributed by atoms with van der Waals surface area (Å²) in [6.07, 6.45) is 0. The number of hydrogen-bond donors (Lipinski definition) is 1. The van der Waals surface area contributed by atoms with Crippen LogP contribution in [0.4, 0.5) is 10.1 Å². The van der Waals surface area contributed by atoms with Crippen molar-refractivity contribution < 1.29 is 9.18 Å². The highest BCUT2D eigenvalue weighted by molar-refractivity contribution is 7.08. The molecule has 1 N–H and O–H groups in total. The van der Waals surface area contributed by atoms with Crippen LogP contribution < -0.4 is 5.32 Å². The molecule has 2 rings (SSSR count). The van der Waals surface area contributed by atoms with E-state index in [4.69, 9.17) is 11.6 Å². The maximum absolute atomic E-state index is 12.9. The van der Waals surface area contributed by atoms with Gasteiger partial charge in [-0.2, -0.15) is 11.3 Å². The number of hydrogen-bond acceptors (Lipinski definition) is 2. The van der Waals surface area contributed by atoms with Crippen molar-refractivity contribution in [3.63, 3.8) is 0 Å². The smallest absolute Gasteiger partial charge is 0.255 e. The lowest BCUT2D eigenvalue weighted by Crippen LogP contribution is -2.11. The van der Waals surface area contributed by atoms with Crippen LogP contribution in [0.2, 0.25) is 5.02 Å². The van der Waals surface area contributed by atoms with Crippen LogP contribution in [0, 0.1) is 5.82 Å². The molecule has 0 aliphatic rings. The maximum atomic E-state index is 12.9. The minimum absolute atomic E-state index is 0.0574. The summed E-state index contributed by atoms with van der Waals surface area (Å²) in [6.45, 7) is 0. The molecular weight excluding hydrogens is 249 g/mol. The third-order valence-electron chi connectivity index (χ3n) is 1.96. The van der Waals surface area contributed by atoms with Gasteiger partial charge in [0.1, 0.15) is 5.82 Å². The van der Waals surface area contributed by atoms with Crippen molar-refractivity contribution in [1.82, 2.24) is 0 Å². The maximum Gasteiger partial charge on any atom is 0.255 e. The third kappa shape index (κ3) is 2.40. The summed E-state index contributed by atoms with van der Waals surface area (Å²) in [5.41, 5.74) is 1.05. The van der Waals surface area contributed by atoms with Gasteiger partial charge in [0.2, 0.25) is 0 Å². The number of thiophene rings is 1. The molecule has 0 fully saturated rings. The van der Waals surface area contributed by atoms with Gasteiger partial charge in [-0.3, -0.25) is 4.79 Å². The molecule has 0 saturated heterocycles. The van der Waals surface area contributed by atoms with Crippen LogP contribution in [0.3, 0.4) is 0 Å². The Bertz CT molecular complexity index is 513. The Balaban J connectivity index is 2.18. The molecule has 0 radical (unpaired) electrons. The molecule has 16 heavy (non-hydrogen) atoms. The number of carbonyl (C=O) groups excluding carboxylic acids is 1. The molecular formula is C11H7ClFNOS. The fraction of sp³-hybridized carbons (Fsp3) is 0. The zero-order chi connectivity index (χ0) is 11.5. The SMILES string of the molecule is O=C(Nc1ccsc1)c1ccc(F)c(Cl)c1. The molecule has 5 heteroatoms. The van der Waals surface area contributed by atoms with Crippen molar-refractivity contribution in [3.8, 4) is 0 Å². The Labute approximate surface area is 101 Å². The summed E-state index contributed by atoms with van der Waals surface area (Å²) in [5.74, 6) is -0.839. The van der Waals surface area contributed by atoms with E-state index in [1.165, 1.54) is 29.5 Å². The van der Waals surface area contributed by atoms with Gasteiger partial charge >= 0.3 is 0 Å². The Kier molecular flexibility index (Phi) is 3.22. The number of rotatable bonds is 2. The molecule has 0 aliphatic carbocycles. The average molecular weight is 256 g/mol. The Morgan fingerprint density at radius 2 is 2.19 bits per heavy atom. The van der Waals surface area contributed by atoms with Gasteiger partial charge in [-0.1, -0.05) is 11.6 Å². The molecule has 0 aliphatic heterocycles. The molecule has 0 bridgehead atoms. The molecule has 1 heterocycles. The first-order valence-corrected chi connectivity index (χ1v) is 5.77. The van der Waals surface area contributed by atoms with E-state index in [0.29, 0.717) is 5.56 Å². The Morgan fingerprint density at radius 3 is 2.81 bits per heavy atom. The molecule has 1 amide bonds. The summed E-state index contributed by atoms with van der Waals surface area (Å²) in [5, 5.41) is 6.28. The lowest BCUT2D eigenvalue weighted by Gasteiger charge is -2.03. The Hall–Kier alpha value is -1.39. The quantitative estimate of drug-likeness (QED) is 0.869. The van der Waals surface area contributed by atoms with E-state index in [1.807, 2.05) is 10.8 Å². The molecule has 2 nitrogen and oxygen atoms in total. The number of carbonyl (C=O) groups is 1. The monoisotopic (exact) mass is 255 g/mol. The van der Waals surface area contributed by atoms with Crippen LogP contribution in [0.25, 0.3) is 0 Å². The highest BCUT2D eigenvalue weighted by Crippen LogP contribution is 2.18.